The molecule has 15 heavy (non-hydrogen) atoms. The topological polar surface area (TPSA) is 47.1 Å². The molecule has 1 unspecified atom stereocenters. The van der Waals surface area contributed by atoms with Crippen LogP contribution in [-0.4, -0.2) is 34.3 Å². The van der Waals surface area contributed by atoms with E-state index in [1.165, 1.54) is 0 Å². The Balaban J connectivity index is 2.53. The largest absolute Gasteiger partial charge is 0.323 e. The van der Waals surface area contributed by atoms with E-state index in [0.717, 1.165) is 25.2 Å². The van der Waals surface area contributed by atoms with Gasteiger partial charge in [-0.15, -0.1) is 6.58 Å². The summed E-state index contributed by atoms with van der Waals surface area (Å²) in [5, 5.41) is 4.11. The predicted molar refractivity (Wildman–Crippen MR) is 62.4 cm³/mol. The molecular weight excluding hydrogens is 188 g/mol. The Morgan fingerprint density at radius 2 is 2.47 bits per heavy atom. The molecule has 0 fully saturated rings. The van der Waals surface area contributed by atoms with Crippen molar-refractivity contribution >= 4 is 0 Å². The summed E-state index contributed by atoms with van der Waals surface area (Å²) in [4.78, 5) is 2.25. The van der Waals surface area contributed by atoms with E-state index in [1.807, 2.05) is 25.5 Å². The third-order valence-corrected chi connectivity index (χ3v) is 2.44. The fourth-order valence-electron chi connectivity index (χ4n) is 1.53. The summed E-state index contributed by atoms with van der Waals surface area (Å²) in [6.45, 7) is 8.57. The molecule has 1 aromatic rings. The van der Waals surface area contributed by atoms with Crippen molar-refractivity contribution in [1.29, 1.82) is 0 Å². The third kappa shape index (κ3) is 3.49. The highest BCUT2D eigenvalue weighted by Crippen LogP contribution is 2.10. The zero-order valence-corrected chi connectivity index (χ0v) is 9.56. The van der Waals surface area contributed by atoms with E-state index in [0.29, 0.717) is 0 Å². The molecule has 1 heterocycles. The number of rotatable bonds is 6. The molecule has 1 atom stereocenters. The number of hydrogen-bond donors (Lipinski definition) is 1. The summed E-state index contributed by atoms with van der Waals surface area (Å²) in [5.41, 5.74) is 7.17. The molecule has 0 saturated carbocycles. The average Bonchev–Trinajstić information content (AvgIpc) is 2.64. The summed E-state index contributed by atoms with van der Waals surface area (Å²) in [7, 11) is 1.90. The average molecular weight is 208 g/mol. The smallest absolute Gasteiger partial charge is 0.0537 e. The number of likely N-dealkylation sites (N-methyl/N-ethyl adjacent to an activating group) is 1. The Morgan fingerprint density at radius 1 is 1.73 bits per heavy atom. The van der Waals surface area contributed by atoms with Gasteiger partial charge in [-0.3, -0.25) is 9.58 Å². The molecule has 4 heteroatoms. The highest BCUT2D eigenvalue weighted by molar-refractivity contribution is 5.10. The lowest BCUT2D eigenvalue weighted by molar-refractivity contribution is 0.298. The molecule has 0 radical (unpaired) electrons. The Morgan fingerprint density at radius 3 is 2.93 bits per heavy atom. The molecule has 0 bridgehead atoms. The summed E-state index contributed by atoms with van der Waals surface area (Å²) in [5.74, 6) is 0. The second kappa shape index (κ2) is 5.68. The lowest BCUT2D eigenvalue weighted by Gasteiger charge is -2.21. The Hall–Kier alpha value is -1.13. The van der Waals surface area contributed by atoms with E-state index in [2.05, 4.69) is 23.5 Å². The monoisotopic (exact) mass is 208 g/mol. The van der Waals surface area contributed by atoms with Gasteiger partial charge in [0.2, 0.25) is 0 Å². The lowest BCUT2D eigenvalue weighted by Crippen LogP contribution is -2.32. The van der Waals surface area contributed by atoms with Crippen molar-refractivity contribution in [1.82, 2.24) is 14.7 Å². The van der Waals surface area contributed by atoms with E-state index in [4.69, 9.17) is 5.73 Å². The van der Waals surface area contributed by atoms with Crippen LogP contribution in [0.1, 0.15) is 18.5 Å². The number of nitrogens with zero attached hydrogens (tertiary/aromatic N) is 3. The van der Waals surface area contributed by atoms with Crippen LogP contribution in [-0.2, 0) is 7.05 Å². The first-order valence-corrected chi connectivity index (χ1v) is 5.24. The first-order valence-electron chi connectivity index (χ1n) is 5.24. The molecule has 4 nitrogen and oxygen atoms in total. The summed E-state index contributed by atoms with van der Waals surface area (Å²) < 4.78 is 1.78. The molecule has 0 aliphatic carbocycles. The van der Waals surface area contributed by atoms with Gasteiger partial charge < -0.3 is 5.73 Å². The van der Waals surface area contributed by atoms with Crippen molar-refractivity contribution in [3.63, 3.8) is 0 Å². The summed E-state index contributed by atoms with van der Waals surface area (Å²) in [6, 6.07) is 0.0265. The molecule has 1 rings (SSSR count). The lowest BCUT2D eigenvalue weighted by atomic mass is 10.1. The molecule has 84 valence electrons. The zero-order chi connectivity index (χ0) is 11.3. The maximum Gasteiger partial charge on any atom is 0.0537 e. The van der Waals surface area contributed by atoms with Crippen molar-refractivity contribution in [2.45, 2.75) is 13.0 Å². The van der Waals surface area contributed by atoms with Crippen LogP contribution in [0.4, 0.5) is 0 Å². The van der Waals surface area contributed by atoms with Crippen molar-refractivity contribution in [3.05, 3.63) is 30.6 Å². The Labute approximate surface area is 91.4 Å². The normalized spacial score (nSPS) is 13.1. The second-order valence-electron chi connectivity index (χ2n) is 3.69. The molecule has 0 aliphatic rings. The van der Waals surface area contributed by atoms with Gasteiger partial charge in [0.25, 0.3) is 0 Å². The van der Waals surface area contributed by atoms with Gasteiger partial charge in [0.15, 0.2) is 0 Å². The maximum atomic E-state index is 6.09. The van der Waals surface area contributed by atoms with E-state index in [9.17, 15) is 0 Å². The summed E-state index contributed by atoms with van der Waals surface area (Å²) in [6.07, 6.45) is 5.69. The third-order valence-electron chi connectivity index (χ3n) is 2.44. The van der Waals surface area contributed by atoms with Crippen LogP contribution in [0.25, 0.3) is 0 Å². The number of aromatic nitrogens is 2. The van der Waals surface area contributed by atoms with Gasteiger partial charge >= 0.3 is 0 Å². The molecular formula is C11H20N4. The minimum atomic E-state index is 0.0265. The van der Waals surface area contributed by atoms with Crippen LogP contribution in [0.5, 0.6) is 0 Å². The molecule has 0 amide bonds. The molecule has 0 aromatic carbocycles. The van der Waals surface area contributed by atoms with Gasteiger partial charge in [0.05, 0.1) is 6.20 Å². The highest BCUT2D eigenvalue weighted by Gasteiger charge is 2.11. The first kappa shape index (κ1) is 11.9. The Bertz CT molecular complexity index is 305. The number of nitrogens with two attached hydrogens (primary N) is 1. The Kier molecular flexibility index (Phi) is 4.52. The summed E-state index contributed by atoms with van der Waals surface area (Å²) >= 11 is 0. The molecule has 1 aromatic heterocycles. The van der Waals surface area contributed by atoms with Crippen LogP contribution < -0.4 is 5.73 Å². The fourth-order valence-corrected chi connectivity index (χ4v) is 1.53. The van der Waals surface area contributed by atoms with Gasteiger partial charge in [-0.25, -0.2) is 0 Å². The first-order chi connectivity index (χ1) is 7.17. The van der Waals surface area contributed by atoms with Crippen LogP contribution in [0.3, 0.4) is 0 Å². The minimum absolute atomic E-state index is 0.0265. The molecule has 0 aliphatic heterocycles. The SMILES string of the molecule is C=CCN(CC)CC(N)c1cnn(C)c1. The van der Waals surface area contributed by atoms with Gasteiger partial charge in [0.1, 0.15) is 0 Å². The van der Waals surface area contributed by atoms with Crippen molar-refractivity contribution in [2.75, 3.05) is 19.6 Å². The van der Waals surface area contributed by atoms with E-state index < -0.39 is 0 Å². The fraction of sp³-hybridized carbons (Fsp3) is 0.545. The van der Waals surface area contributed by atoms with Gasteiger partial charge in [-0.2, -0.15) is 5.10 Å². The van der Waals surface area contributed by atoms with Crippen molar-refractivity contribution in [2.24, 2.45) is 12.8 Å². The molecule has 2 N–H and O–H groups in total. The predicted octanol–water partition coefficient (Wildman–Crippen LogP) is 0.928. The number of hydrogen-bond acceptors (Lipinski definition) is 3. The van der Waals surface area contributed by atoms with Gasteiger partial charge in [-0.1, -0.05) is 13.0 Å². The zero-order valence-electron chi connectivity index (χ0n) is 9.56. The molecule has 0 spiro atoms. The van der Waals surface area contributed by atoms with E-state index >= 15 is 0 Å². The molecule has 0 saturated heterocycles. The van der Waals surface area contributed by atoms with E-state index in [-0.39, 0.29) is 6.04 Å². The quantitative estimate of drug-likeness (QED) is 0.707. The van der Waals surface area contributed by atoms with Gasteiger partial charge in [-0.05, 0) is 6.54 Å². The van der Waals surface area contributed by atoms with Crippen molar-refractivity contribution in [3.8, 4) is 0 Å². The van der Waals surface area contributed by atoms with Crippen LogP contribution in [0.15, 0.2) is 25.0 Å². The maximum absolute atomic E-state index is 6.09. The highest BCUT2D eigenvalue weighted by atomic mass is 15.2. The second-order valence-corrected chi connectivity index (χ2v) is 3.69. The standard InChI is InChI=1S/C11H20N4/c1-4-6-15(5-2)9-11(12)10-7-13-14(3)8-10/h4,7-8,11H,1,5-6,9,12H2,2-3H3. The van der Waals surface area contributed by atoms with Crippen molar-refractivity contribution < 1.29 is 0 Å². The van der Waals surface area contributed by atoms with E-state index in [1.54, 1.807) is 4.68 Å². The van der Waals surface area contributed by atoms with Crippen LogP contribution in [0, 0.1) is 0 Å². The van der Waals surface area contributed by atoms with Gasteiger partial charge in [0, 0.05) is 37.9 Å². The van der Waals surface area contributed by atoms with Crippen LogP contribution in [0.2, 0.25) is 0 Å². The number of aryl methyl sites for hydroxylation is 1. The van der Waals surface area contributed by atoms with Crippen LogP contribution >= 0.6 is 0 Å². The minimum Gasteiger partial charge on any atom is -0.323 e.